The van der Waals surface area contributed by atoms with Crippen molar-refractivity contribution in [3.05, 3.63) is 39.3 Å². The molecule has 1 fully saturated rings. The number of hydrogen-bond acceptors (Lipinski definition) is 4. The maximum Gasteiger partial charge on any atom is 0.252 e. The van der Waals surface area contributed by atoms with Crippen molar-refractivity contribution in [1.29, 1.82) is 0 Å². The van der Waals surface area contributed by atoms with Gasteiger partial charge >= 0.3 is 0 Å². The summed E-state index contributed by atoms with van der Waals surface area (Å²) in [5.74, 6) is 0.175. The SMILES string of the molecule is Cc1nn(C)c(C)c1CCC(=O)N1CCC(NC(=O)c2ccsc2)CC1. The van der Waals surface area contributed by atoms with Crippen LogP contribution in [0.4, 0.5) is 0 Å². The van der Waals surface area contributed by atoms with Crippen LogP contribution in [0.2, 0.25) is 0 Å². The predicted molar refractivity (Wildman–Crippen MR) is 102 cm³/mol. The minimum atomic E-state index is -0.0152. The van der Waals surface area contributed by atoms with E-state index in [1.165, 1.54) is 16.9 Å². The van der Waals surface area contributed by atoms with E-state index in [1.807, 2.05) is 47.3 Å². The number of likely N-dealkylation sites (tertiary alicyclic amines) is 1. The first-order chi connectivity index (χ1) is 12.5. The summed E-state index contributed by atoms with van der Waals surface area (Å²) in [6, 6.07) is 1.98. The van der Waals surface area contributed by atoms with Gasteiger partial charge in [-0.25, -0.2) is 0 Å². The molecule has 1 aliphatic rings. The molecule has 1 saturated heterocycles. The first-order valence-electron chi connectivity index (χ1n) is 9.05. The van der Waals surface area contributed by atoms with Crippen LogP contribution >= 0.6 is 11.3 Å². The lowest BCUT2D eigenvalue weighted by molar-refractivity contribution is -0.132. The summed E-state index contributed by atoms with van der Waals surface area (Å²) >= 11 is 1.52. The van der Waals surface area contributed by atoms with Crippen LogP contribution in [0.5, 0.6) is 0 Å². The van der Waals surface area contributed by atoms with Crippen molar-refractivity contribution in [2.75, 3.05) is 13.1 Å². The van der Waals surface area contributed by atoms with Crippen LogP contribution in [0.3, 0.4) is 0 Å². The van der Waals surface area contributed by atoms with Crippen molar-refractivity contribution in [1.82, 2.24) is 20.0 Å². The molecule has 0 spiro atoms. The molecule has 2 aromatic rings. The molecule has 1 aliphatic heterocycles. The number of hydrogen-bond donors (Lipinski definition) is 1. The number of piperidine rings is 1. The van der Waals surface area contributed by atoms with Crippen molar-refractivity contribution in [3.8, 4) is 0 Å². The fourth-order valence-corrected chi connectivity index (χ4v) is 4.14. The van der Waals surface area contributed by atoms with Gasteiger partial charge in [0.2, 0.25) is 5.91 Å². The number of rotatable bonds is 5. The number of carbonyl (C=O) groups excluding carboxylic acids is 2. The second-order valence-corrected chi connectivity index (χ2v) is 7.69. The topological polar surface area (TPSA) is 67.2 Å². The Morgan fingerprint density at radius 2 is 2.04 bits per heavy atom. The zero-order valence-electron chi connectivity index (χ0n) is 15.6. The smallest absolute Gasteiger partial charge is 0.252 e. The van der Waals surface area contributed by atoms with Gasteiger partial charge in [-0.2, -0.15) is 16.4 Å². The van der Waals surface area contributed by atoms with Gasteiger partial charge in [0.15, 0.2) is 0 Å². The molecule has 3 rings (SSSR count). The average molecular weight is 375 g/mol. The molecule has 6 nitrogen and oxygen atoms in total. The molecule has 0 aliphatic carbocycles. The summed E-state index contributed by atoms with van der Waals surface area (Å²) in [6.45, 7) is 5.45. The second-order valence-electron chi connectivity index (χ2n) is 6.91. The van der Waals surface area contributed by atoms with E-state index in [-0.39, 0.29) is 17.9 Å². The number of aromatic nitrogens is 2. The Morgan fingerprint density at radius 1 is 1.31 bits per heavy atom. The van der Waals surface area contributed by atoms with Gasteiger partial charge in [0.05, 0.1) is 5.69 Å². The molecule has 26 heavy (non-hydrogen) atoms. The molecule has 3 heterocycles. The van der Waals surface area contributed by atoms with Crippen molar-refractivity contribution in [3.63, 3.8) is 0 Å². The summed E-state index contributed by atoms with van der Waals surface area (Å²) in [5, 5.41) is 11.2. The third-order valence-corrected chi connectivity index (χ3v) is 5.90. The molecule has 0 radical (unpaired) electrons. The molecule has 1 N–H and O–H groups in total. The quantitative estimate of drug-likeness (QED) is 0.874. The van der Waals surface area contributed by atoms with Crippen LogP contribution in [-0.4, -0.2) is 45.6 Å². The number of nitrogens with one attached hydrogen (secondary N) is 1. The van der Waals surface area contributed by atoms with Gasteiger partial charge < -0.3 is 10.2 Å². The summed E-state index contributed by atoms with van der Waals surface area (Å²) < 4.78 is 1.87. The number of nitrogens with zero attached hydrogens (tertiary/aromatic N) is 3. The van der Waals surface area contributed by atoms with E-state index in [4.69, 9.17) is 0 Å². The molecule has 2 amide bonds. The minimum Gasteiger partial charge on any atom is -0.349 e. The summed E-state index contributed by atoms with van der Waals surface area (Å²) in [5.41, 5.74) is 4.03. The Balaban J connectivity index is 1.45. The van der Waals surface area contributed by atoms with Gasteiger partial charge in [-0.15, -0.1) is 0 Å². The lowest BCUT2D eigenvalue weighted by Crippen LogP contribution is -2.46. The van der Waals surface area contributed by atoms with Crippen molar-refractivity contribution >= 4 is 23.2 Å². The van der Waals surface area contributed by atoms with E-state index in [9.17, 15) is 9.59 Å². The highest BCUT2D eigenvalue weighted by atomic mass is 32.1. The van der Waals surface area contributed by atoms with Crippen molar-refractivity contribution in [2.45, 2.75) is 45.6 Å². The van der Waals surface area contributed by atoms with E-state index < -0.39 is 0 Å². The average Bonchev–Trinajstić information content (AvgIpc) is 3.24. The first-order valence-corrected chi connectivity index (χ1v) is 10.00. The highest BCUT2D eigenvalue weighted by Crippen LogP contribution is 2.17. The molecular weight excluding hydrogens is 348 g/mol. The lowest BCUT2D eigenvalue weighted by Gasteiger charge is -2.32. The fourth-order valence-electron chi connectivity index (χ4n) is 3.50. The van der Waals surface area contributed by atoms with E-state index in [1.54, 1.807) is 0 Å². The van der Waals surface area contributed by atoms with Crippen LogP contribution in [0.15, 0.2) is 16.8 Å². The third kappa shape index (κ3) is 4.15. The Morgan fingerprint density at radius 3 is 2.62 bits per heavy atom. The molecule has 0 saturated carbocycles. The maximum absolute atomic E-state index is 12.5. The van der Waals surface area contributed by atoms with Crippen LogP contribution < -0.4 is 5.32 Å². The zero-order valence-corrected chi connectivity index (χ0v) is 16.4. The van der Waals surface area contributed by atoms with E-state index in [0.29, 0.717) is 19.5 Å². The molecule has 0 aromatic carbocycles. The number of thiophene rings is 1. The number of aryl methyl sites for hydroxylation is 2. The number of carbonyl (C=O) groups is 2. The Kier molecular flexibility index (Phi) is 5.76. The molecule has 2 aromatic heterocycles. The molecule has 140 valence electrons. The molecule has 0 bridgehead atoms. The van der Waals surface area contributed by atoms with E-state index in [2.05, 4.69) is 10.4 Å². The molecule has 7 heteroatoms. The predicted octanol–water partition coefficient (Wildman–Crippen LogP) is 2.45. The van der Waals surface area contributed by atoms with Gasteiger partial charge in [0.1, 0.15) is 0 Å². The Hall–Kier alpha value is -2.15. The van der Waals surface area contributed by atoms with Gasteiger partial charge in [-0.3, -0.25) is 14.3 Å². The molecule has 0 unspecified atom stereocenters. The zero-order chi connectivity index (χ0) is 18.7. The van der Waals surface area contributed by atoms with Crippen LogP contribution in [0.25, 0.3) is 0 Å². The summed E-state index contributed by atoms with van der Waals surface area (Å²) in [4.78, 5) is 26.6. The Bertz CT molecular complexity index is 774. The van der Waals surface area contributed by atoms with Crippen LogP contribution in [-0.2, 0) is 18.3 Å². The van der Waals surface area contributed by atoms with E-state index in [0.717, 1.165) is 36.2 Å². The van der Waals surface area contributed by atoms with Crippen molar-refractivity contribution < 1.29 is 9.59 Å². The van der Waals surface area contributed by atoms with Gasteiger partial charge in [0.25, 0.3) is 5.91 Å². The van der Waals surface area contributed by atoms with E-state index >= 15 is 0 Å². The number of amides is 2. The van der Waals surface area contributed by atoms with Crippen LogP contribution in [0.1, 0.15) is 46.6 Å². The highest BCUT2D eigenvalue weighted by Gasteiger charge is 2.24. The van der Waals surface area contributed by atoms with Gasteiger partial charge in [-0.1, -0.05) is 0 Å². The maximum atomic E-state index is 12.5. The summed E-state index contributed by atoms with van der Waals surface area (Å²) in [7, 11) is 1.93. The highest BCUT2D eigenvalue weighted by molar-refractivity contribution is 7.08. The third-order valence-electron chi connectivity index (χ3n) is 5.21. The second kappa shape index (κ2) is 8.03. The fraction of sp³-hybridized carbons (Fsp3) is 0.526. The standard InChI is InChI=1S/C19H26N4O2S/c1-13-17(14(2)22(3)21-13)4-5-18(24)23-9-6-16(7-10-23)20-19(25)15-8-11-26-12-15/h8,11-12,16H,4-7,9-10H2,1-3H3,(H,20,25). The van der Waals surface area contributed by atoms with Gasteiger partial charge in [0, 0.05) is 49.2 Å². The Labute approximate surface area is 158 Å². The van der Waals surface area contributed by atoms with Crippen molar-refractivity contribution in [2.24, 2.45) is 7.05 Å². The minimum absolute atomic E-state index is 0.0152. The largest absolute Gasteiger partial charge is 0.349 e. The molecule has 0 atom stereocenters. The first kappa shape index (κ1) is 18.6. The monoisotopic (exact) mass is 374 g/mol. The normalized spacial score (nSPS) is 15.3. The van der Waals surface area contributed by atoms with Gasteiger partial charge in [-0.05, 0) is 50.1 Å². The summed E-state index contributed by atoms with van der Waals surface area (Å²) in [6.07, 6.45) is 2.87. The van der Waals surface area contributed by atoms with Crippen LogP contribution in [0, 0.1) is 13.8 Å². The molecular formula is C19H26N4O2S. The lowest BCUT2D eigenvalue weighted by atomic mass is 10.0.